The van der Waals surface area contributed by atoms with Crippen molar-refractivity contribution in [1.29, 1.82) is 0 Å². The fourth-order valence-electron chi connectivity index (χ4n) is 4.35. The summed E-state index contributed by atoms with van der Waals surface area (Å²) in [6.45, 7) is 0. The first-order chi connectivity index (χ1) is 18.1. The van der Waals surface area contributed by atoms with Crippen LogP contribution in [0.25, 0.3) is 22.0 Å². The van der Waals surface area contributed by atoms with Gasteiger partial charge < -0.3 is 18.8 Å². The third-order valence-corrected chi connectivity index (χ3v) is 7.93. The van der Waals surface area contributed by atoms with Crippen molar-refractivity contribution in [1.82, 2.24) is 4.57 Å². The lowest BCUT2D eigenvalue weighted by molar-refractivity contribution is -0.384. The molecular weight excluding hydrogens is 516 g/mol. The molecule has 0 fully saturated rings. The minimum absolute atomic E-state index is 0.00183. The van der Waals surface area contributed by atoms with Gasteiger partial charge in [-0.15, -0.1) is 0 Å². The van der Waals surface area contributed by atoms with E-state index in [-0.39, 0.29) is 54.5 Å². The Morgan fingerprint density at radius 2 is 1.53 bits per heavy atom. The number of nitro benzene ring substituents is 1. The number of aryl methyl sites for hydroxylation is 1. The second-order valence-electron chi connectivity index (χ2n) is 8.07. The van der Waals surface area contributed by atoms with E-state index in [1.807, 2.05) is 0 Å². The highest BCUT2D eigenvalue weighted by Gasteiger charge is 2.36. The quantitative estimate of drug-likeness (QED) is 0.192. The third kappa shape index (κ3) is 4.14. The first kappa shape index (κ1) is 26.4. The van der Waals surface area contributed by atoms with Crippen molar-refractivity contribution in [2.24, 2.45) is 7.05 Å². The maximum Gasteiger partial charge on any atom is 0.354 e. The zero-order valence-electron chi connectivity index (χ0n) is 20.8. The average molecular weight is 539 g/mol. The maximum atomic E-state index is 14.2. The van der Waals surface area contributed by atoms with Crippen LogP contribution in [0.3, 0.4) is 0 Å². The van der Waals surface area contributed by atoms with Gasteiger partial charge in [0.25, 0.3) is 5.69 Å². The lowest BCUT2D eigenvalue weighted by Gasteiger charge is -2.20. The Balaban J connectivity index is 2.31. The molecule has 1 heterocycles. The molecule has 11 nitrogen and oxygen atoms in total. The molecule has 196 valence electrons. The molecule has 1 aromatic heterocycles. The van der Waals surface area contributed by atoms with Gasteiger partial charge in [0, 0.05) is 30.1 Å². The van der Waals surface area contributed by atoms with Crippen LogP contribution < -0.4 is 4.74 Å². The molecule has 0 saturated heterocycles. The Morgan fingerprint density at radius 1 is 0.921 bits per heavy atom. The lowest BCUT2D eigenvalue weighted by Crippen LogP contribution is -2.13. The largest absolute Gasteiger partial charge is 0.494 e. The standard InChI is InChI=1S/C26H22N2O9S/c1-27-19(25(29)36-3)14-18-22(27)23(35-2)21(26(30)37-4)20(15-10-12-16(13-11-15)28(31)32)24(18)38(33,34)17-8-6-5-7-9-17/h5-14H,1-4H3. The topological polar surface area (TPSA) is 144 Å². The third-order valence-electron chi connectivity index (χ3n) is 6.07. The number of carbonyl (C=O) groups is 2. The fraction of sp³-hybridized carbons (Fsp3) is 0.154. The number of carbonyl (C=O) groups excluding carboxylic acids is 2. The molecule has 0 N–H and O–H groups in total. The number of rotatable bonds is 7. The maximum absolute atomic E-state index is 14.2. The number of hydrogen-bond donors (Lipinski definition) is 0. The van der Waals surface area contributed by atoms with Crippen molar-refractivity contribution in [2.45, 2.75) is 9.79 Å². The smallest absolute Gasteiger partial charge is 0.354 e. The highest BCUT2D eigenvalue weighted by Crippen LogP contribution is 2.47. The number of ether oxygens (including phenoxy) is 3. The van der Waals surface area contributed by atoms with Gasteiger partial charge >= 0.3 is 11.9 Å². The Kier molecular flexibility index (Phi) is 6.92. The van der Waals surface area contributed by atoms with Crippen LogP contribution in [-0.2, 0) is 26.4 Å². The molecule has 38 heavy (non-hydrogen) atoms. The number of methoxy groups -OCH3 is 3. The number of nitrogens with zero attached hydrogens (tertiary/aromatic N) is 2. The van der Waals surface area contributed by atoms with Crippen LogP contribution in [0, 0.1) is 10.1 Å². The highest BCUT2D eigenvalue weighted by atomic mass is 32.2. The van der Waals surface area contributed by atoms with Gasteiger partial charge in [0.1, 0.15) is 11.3 Å². The summed E-state index contributed by atoms with van der Waals surface area (Å²) < 4.78 is 45.3. The van der Waals surface area contributed by atoms with E-state index in [9.17, 15) is 28.1 Å². The number of esters is 2. The molecule has 4 rings (SSSR count). The molecule has 0 aliphatic carbocycles. The van der Waals surface area contributed by atoms with Crippen LogP contribution in [0.5, 0.6) is 5.75 Å². The molecule has 0 unspecified atom stereocenters. The molecule has 0 saturated carbocycles. The van der Waals surface area contributed by atoms with E-state index in [1.165, 1.54) is 68.3 Å². The second kappa shape index (κ2) is 9.98. The molecule has 12 heteroatoms. The van der Waals surface area contributed by atoms with Gasteiger partial charge in [-0.3, -0.25) is 10.1 Å². The van der Waals surface area contributed by atoms with E-state index in [2.05, 4.69) is 0 Å². The summed E-state index contributed by atoms with van der Waals surface area (Å²) >= 11 is 0. The van der Waals surface area contributed by atoms with Crippen molar-refractivity contribution < 1.29 is 37.1 Å². The Labute approximate surface area is 217 Å². The predicted octanol–water partition coefficient (Wildman–Crippen LogP) is 4.17. The summed E-state index contributed by atoms with van der Waals surface area (Å²) in [5.41, 5.74) is -0.253. The Hall–Kier alpha value is -4.71. The predicted molar refractivity (Wildman–Crippen MR) is 136 cm³/mol. The fourth-order valence-corrected chi connectivity index (χ4v) is 6.03. The molecule has 0 bridgehead atoms. The summed E-state index contributed by atoms with van der Waals surface area (Å²) in [4.78, 5) is 36.1. The first-order valence-electron chi connectivity index (χ1n) is 11.0. The number of sulfone groups is 1. The molecular formula is C26H22N2O9S. The number of benzene rings is 3. The SMILES string of the molecule is COC(=O)c1c(-c2ccc([N+](=O)[O-])cc2)c(S(=O)(=O)c2ccccc2)c2cc(C(=O)OC)n(C)c2c1OC. The van der Waals surface area contributed by atoms with Gasteiger partial charge in [-0.25, -0.2) is 18.0 Å². The van der Waals surface area contributed by atoms with Crippen molar-refractivity contribution in [3.63, 3.8) is 0 Å². The highest BCUT2D eigenvalue weighted by molar-refractivity contribution is 7.92. The van der Waals surface area contributed by atoms with Gasteiger partial charge in [0.15, 0.2) is 5.75 Å². The molecule has 0 aliphatic rings. The number of nitro groups is 1. The van der Waals surface area contributed by atoms with Crippen LogP contribution in [0.2, 0.25) is 0 Å². The van der Waals surface area contributed by atoms with Crippen LogP contribution in [0.4, 0.5) is 5.69 Å². The molecule has 4 aromatic rings. The van der Waals surface area contributed by atoms with Gasteiger partial charge in [-0.05, 0) is 35.9 Å². The van der Waals surface area contributed by atoms with Gasteiger partial charge in [0.2, 0.25) is 9.84 Å². The van der Waals surface area contributed by atoms with E-state index in [1.54, 1.807) is 18.2 Å². The average Bonchev–Trinajstić information content (AvgIpc) is 3.27. The van der Waals surface area contributed by atoms with Gasteiger partial charge in [-0.2, -0.15) is 0 Å². The zero-order valence-corrected chi connectivity index (χ0v) is 21.6. The monoisotopic (exact) mass is 538 g/mol. The summed E-state index contributed by atoms with van der Waals surface area (Å²) in [7, 11) is 0.741. The summed E-state index contributed by atoms with van der Waals surface area (Å²) in [6, 6.07) is 13.9. The van der Waals surface area contributed by atoms with E-state index in [0.29, 0.717) is 0 Å². The summed E-state index contributed by atoms with van der Waals surface area (Å²) in [5.74, 6) is -1.71. The summed E-state index contributed by atoms with van der Waals surface area (Å²) in [5, 5.41) is 11.3. The van der Waals surface area contributed by atoms with Gasteiger partial charge in [-0.1, -0.05) is 18.2 Å². The van der Waals surface area contributed by atoms with E-state index in [4.69, 9.17) is 14.2 Å². The van der Waals surface area contributed by atoms with Crippen molar-refractivity contribution in [3.8, 4) is 16.9 Å². The zero-order chi connectivity index (χ0) is 27.8. The molecule has 3 aromatic carbocycles. The van der Waals surface area contributed by atoms with Crippen LogP contribution in [0.1, 0.15) is 20.8 Å². The van der Waals surface area contributed by atoms with Gasteiger partial charge in [0.05, 0.1) is 41.6 Å². The van der Waals surface area contributed by atoms with Crippen LogP contribution in [0.15, 0.2) is 70.5 Å². The molecule has 0 atom stereocenters. The first-order valence-corrected chi connectivity index (χ1v) is 12.5. The molecule has 0 radical (unpaired) electrons. The summed E-state index contributed by atoms with van der Waals surface area (Å²) in [6.07, 6.45) is 0. The molecule has 0 amide bonds. The number of hydrogen-bond acceptors (Lipinski definition) is 9. The number of aromatic nitrogens is 1. The minimum Gasteiger partial charge on any atom is -0.494 e. The van der Waals surface area contributed by atoms with E-state index < -0.39 is 26.7 Å². The van der Waals surface area contributed by atoms with Crippen LogP contribution >= 0.6 is 0 Å². The molecule has 0 aliphatic heterocycles. The Bertz CT molecular complexity index is 1690. The van der Waals surface area contributed by atoms with Crippen molar-refractivity contribution >= 4 is 38.4 Å². The second-order valence-corrected chi connectivity index (χ2v) is 9.95. The van der Waals surface area contributed by atoms with Crippen molar-refractivity contribution in [3.05, 3.63) is 82.0 Å². The van der Waals surface area contributed by atoms with E-state index >= 15 is 0 Å². The lowest BCUT2D eigenvalue weighted by atomic mass is 9.96. The van der Waals surface area contributed by atoms with Crippen molar-refractivity contribution in [2.75, 3.05) is 21.3 Å². The van der Waals surface area contributed by atoms with Crippen LogP contribution in [-0.4, -0.2) is 51.2 Å². The number of fused-ring (bicyclic) bond motifs is 1. The Morgan fingerprint density at radius 3 is 2.05 bits per heavy atom. The number of non-ortho nitro benzene ring substituents is 1. The van der Waals surface area contributed by atoms with E-state index in [0.717, 1.165) is 7.11 Å². The normalized spacial score (nSPS) is 11.3. The molecule has 0 spiro atoms. The minimum atomic E-state index is -4.36.